The molecular weight excluding hydrogens is 310 g/mol. The summed E-state index contributed by atoms with van der Waals surface area (Å²) in [5, 5.41) is 8.32. The molecule has 1 saturated heterocycles. The van der Waals surface area contributed by atoms with Crippen molar-refractivity contribution in [2.75, 3.05) is 32.8 Å². The Hall–Kier alpha value is -1.11. The standard InChI is InChI=1S/C17H27N3O2S/c21-17(19-14-5-2-1-3-6-14)18-13-15(16-7-4-12-23-16)20-8-10-22-11-9-20/h4,7,12,14-15H,1-3,5-6,8-11,13H2,(H2,18,19,21)/t15-/m0/s1. The van der Waals surface area contributed by atoms with Gasteiger partial charge in [-0.15, -0.1) is 11.3 Å². The monoisotopic (exact) mass is 337 g/mol. The van der Waals surface area contributed by atoms with E-state index in [-0.39, 0.29) is 12.1 Å². The molecule has 1 aliphatic heterocycles. The Bertz CT molecular complexity index is 468. The number of morpholine rings is 1. The molecule has 0 aromatic carbocycles. The Kier molecular flexibility index (Phi) is 6.30. The lowest BCUT2D eigenvalue weighted by Crippen LogP contribution is -2.47. The zero-order valence-corrected chi connectivity index (χ0v) is 14.4. The molecule has 0 spiro atoms. The number of amides is 2. The van der Waals surface area contributed by atoms with Crippen molar-refractivity contribution < 1.29 is 9.53 Å². The van der Waals surface area contributed by atoms with Gasteiger partial charge in [-0.1, -0.05) is 25.3 Å². The fraction of sp³-hybridized carbons (Fsp3) is 0.706. The van der Waals surface area contributed by atoms with Gasteiger partial charge >= 0.3 is 6.03 Å². The van der Waals surface area contributed by atoms with Crippen LogP contribution < -0.4 is 10.6 Å². The van der Waals surface area contributed by atoms with Crippen LogP contribution in [0.1, 0.15) is 43.0 Å². The van der Waals surface area contributed by atoms with Crippen molar-refractivity contribution in [3.8, 4) is 0 Å². The highest BCUT2D eigenvalue weighted by Gasteiger charge is 2.24. The lowest BCUT2D eigenvalue weighted by molar-refractivity contribution is 0.0174. The molecule has 2 amide bonds. The first-order valence-electron chi connectivity index (χ1n) is 8.72. The van der Waals surface area contributed by atoms with Crippen LogP contribution in [0.2, 0.25) is 0 Å². The number of carbonyl (C=O) groups is 1. The summed E-state index contributed by atoms with van der Waals surface area (Å²) in [6.45, 7) is 4.05. The van der Waals surface area contributed by atoms with Gasteiger partial charge in [0.25, 0.3) is 0 Å². The van der Waals surface area contributed by atoms with E-state index >= 15 is 0 Å². The summed E-state index contributed by atoms with van der Waals surface area (Å²) in [4.78, 5) is 15.9. The third-order valence-corrected chi connectivity index (χ3v) is 5.73. The van der Waals surface area contributed by atoms with Crippen molar-refractivity contribution in [3.63, 3.8) is 0 Å². The fourth-order valence-corrected chi connectivity index (χ4v) is 4.31. The van der Waals surface area contributed by atoms with Crippen molar-refractivity contribution in [2.45, 2.75) is 44.2 Å². The molecule has 1 aromatic heterocycles. The zero-order chi connectivity index (χ0) is 15.9. The van der Waals surface area contributed by atoms with Gasteiger partial charge in [-0.2, -0.15) is 0 Å². The van der Waals surface area contributed by atoms with E-state index in [1.807, 2.05) is 0 Å². The van der Waals surface area contributed by atoms with Gasteiger partial charge in [0.1, 0.15) is 0 Å². The minimum atomic E-state index is -0.0216. The average Bonchev–Trinajstić information content (AvgIpc) is 3.11. The molecule has 128 valence electrons. The molecule has 1 atom stereocenters. The van der Waals surface area contributed by atoms with Crippen LogP contribution >= 0.6 is 11.3 Å². The van der Waals surface area contributed by atoms with Gasteiger partial charge in [0.05, 0.1) is 19.3 Å². The quantitative estimate of drug-likeness (QED) is 0.869. The Labute approximate surface area is 142 Å². The van der Waals surface area contributed by atoms with Crippen LogP contribution in [0.5, 0.6) is 0 Å². The number of hydrogen-bond donors (Lipinski definition) is 2. The number of nitrogens with zero attached hydrogens (tertiary/aromatic N) is 1. The van der Waals surface area contributed by atoms with Crippen molar-refractivity contribution >= 4 is 17.4 Å². The molecule has 2 fully saturated rings. The largest absolute Gasteiger partial charge is 0.379 e. The number of hydrogen-bond acceptors (Lipinski definition) is 4. The molecule has 0 bridgehead atoms. The van der Waals surface area contributed by atoms with Crippen LogP contribution in [0.4, 0.5) is 4.79 Å². The Morgan fingerprint density at radius 1 is 1.30 bits per heavy atom. The van der Waals surface area contributed by atoms with Crippen LogP contribution in [-0.2, 0) is 4.74 Å². The Balaban J connectivity index is 1.52. The highest BCUT2D eigenvalue weighted by molar-refractivity contribution is 7.10. The van der Waals surface area contributed by atoms with E-state index < -0.39 is 0 Å². The highest BCUT2D eigenvalue weighted by Crippen LogP contribution is 2.25. The van der Waals surface area contributed by atoms with Crippen LogP contribution in [0.25, 0.3) is 0 Å². The van der Waals surface area contributed by atoms with Gasteiger partial charge in [0.15, 0.2) is 0 Å². The molecule has 1 saturated carbocycles. The third-order valence-electron chi connectivity index (χ3n) is 4.75. The number of nitrogens with one attached hydrogen (secondary N) is 2. The van der Waals surface area contributed by atoms with Gasteiger partial charge in [-0.25, -0.2) is 4.79 Å². The molecule has 1 aromatic rings. The topological polar surface area (TPSA) is 53.6 Å². The summed E-state index contributed by atoms with van der Waals surface area (Å²) in [5.74, 6) is 0. The fourth-order valence-electron chi connectivity index (χ4n) is 3.45. The number of rotatable bonds is 5. The molecule has 6 heteroatoms. The van der Waals surface area contributed by atoms with E-state index in [0.717, 1.165) is 39.1 Å². The van der Waals surface area contributed by atoms with Crippen LogP contribution in [0, 0.1) is 0 Å². The second-order valence-electron chi connectivity index (χ2n) is 6.37. The molecule has 2 aliphatic rings. The minimum Gasteiger partial charge on any atom is -0.379 e. The van der Waals surface area contributed by atoms with E-state index in [1.165, 1.54) is 24.1 Å². The molecule has 23 heavy (non-hydrogen) atoms. The van der Waals surface area contributed by atoms with Crippen molar-refractivity contribution in [2.24, 2.45) is 0 Å². The molecule has 0 unspecified atom stereocenters. The van der Waals surface area contributed by atoms with Gasteiger partial charge in [-0.05, 0) is 24.3 Å². The van der Waals surface area contributed by atoms with Crippen LogP contribution in [0.15, 0.2) is 17.5 Å². The molecule has 0 radical (unpaired) electrons. The van der Waals surface area contributed by atoms with Crippen LogP contribution in [0.3, 0.4) is 0 Å². The zero-order valence-electron chi connectivity index (χ0n) is 13.6. The molecule has 1 aliphatic carbocycles. The summed E-state index contributed by atoms with van der Waals surface area (Å²) >= 11 is 1.76. The Morgan fingerprint density at radius 3 is 2.78 bits per heavy atom. The minimum absolute atomic E-state index is 0.0216. The maximum Gasteiger partial charge on any atom is 0.315 e. The van der Waals surface area contributed by atoms with Gasteiger partial charge in [0, 0.05) is 30.6 Å². The summed E-state index contributed by atoms with van der Waals surface area (Å²) in [7, 11) is 0. The first kappa shape index (κ1) is 16.7. The van der Waals surface area contributed by atoms with Crippen molar-refractivity contribution in [1.29, 1.82) is 0 Å². The lowest BCUT2D eigenvalue weighted by atomic mass is 9.96. The first-order chi connectivity index (χ1) is 11.3. The van der Waals surface area contributed by atoms with E-state index in [9.17, 15) is 4.79 Å². The van der Waals surface area contributed by atoms with E-state index in [2.05, 4.69) is 33.0 Å². The predicted octanol–water partition coefficient (Wildman–Crippen LogP) is 2.75. The van der Waals surface area contributed by atoms with Crippen LogP contribution in [-0.4, -0.2) is 49.8 Å². The molecular formula is C17H27N3O2S. The summed E-state index contributed by atoms with van der Waals surface area (Å²) in [5.41, 5.74) is 0. The van der Waals surface area contributed by atoms with E-state index in [1.54, 1.807) is 11.3 Å². The molecule has 2 N–H and O–H groups in total. The maximum atomic E-state index is 12.2. The third kappa shape index (κ3) is 4.93. The summed E-state index contributed by atoms with van der Waals surface area (Å²) in [6.07, 6.45) is 6.00. The molecule has 5 nitrogen and oxygen atoms in total. The van der Waals surface area contributed by atoms with E-state index in [0.29, 0.717) is 12.6 Å². The van der Waals surface area contributed by atoms with Crippen molar-refractivity contribution in [1.82, 2.24) is 15.5 Å². The summed E-state index contributed by atoms with van der Waals surface area (Å²) in [6, 6.07) is 4.82. The molecule has 2 heterocycles. The number of carbonyl (C=O) groups excluding carboxylic acids is 1. The number of urea groups is 1. The second kappa shape index (κ2) is 8.66. The highest BCUT2D eigenvalue weighted by atomic mass is 32.1. The normalized spacial score (nSPS) is 21.7. The summed E-state index contributed by atoms with van der Waals surface area (Å²) < 4.78 is 5.46. The number of ether oxygens (including phenoxy) is 1. The predicted molar refractivity (Wildman–Crippen MR) is 92.9 cm³/mol. The smallest absolute Gasteiger partial charge is 0.315 e. The number of thiophene rings is 1. The maximum absolute atomic E-state index is 12.2. The van der Waals surface area contributed by atoms with Gasteiger partial charge in [0.2, 0.25) is 0 Å². The Morgan fingerprint density at radius 2 is 2.09 bits per heavy atom. The van der Waals surface area contributed by atoms with Gasteiger partial charge in [-0.3, -0.25) is 4.90 Å². The van der Waals surface area contributed by atoms with Crippen molar-refractivity contribution in [3.05, 3.63) is 22.4 Å². The van der Waals surface area contributed by atoms with Gasteiger partial charge < -0.3 is 15.4 Å². The SMILES string of the molecule is O=C(NC[C@@H](c1cccs1)N1CCOCC1)NC1CCCCC1. The second-order valence-corrected chi connectivity index (χ2v) is 7.35. The first-order valence-corrected chi connectivity index (χ1v) is 9.60. The lowest BCUT2D eigenvalue weighted by Gasteiger charge is -2.34. The average molecular weight is 337 g/mol. The van der Waals surface area contributed by atoms with E-state index in [4.69, 9.17) is 4.74 Å². The molecule has 3 rings (SSSR count).